The molecule has 1 aromatic carbocycles. The molecule has 9 heteroatoms. The topological polar surface area (TPSA) is 120 Å². The van der Waals surface area contributed by atoms with Gasteiger partial charge in [0.05, 0.1) is 11.4 Å². The first kappa shape index (κ1) is 20.0. The number of ketones is 1. The summed E-state index contributed by atoms with van der Waals surface area (Å²) in [6.07, 6.45) is 2.35. The van der Waals surface area contributed by atoms with Crippen molar-refractivity contribution in [3.05, 3.63) is 53.9 Å². The van der Waals surface area contributed by atoms with E-state index in [1.165, 1.54) is 35.6 Å². The summed E-state index contributed by atoms with van der Waals surface area (Å²) in [7, 11) is -3.75. The summed E-state index contributed by atoms with van der Waals surface area (Å²) in [4.78, 5) is 26.8. The summed E-state index contributed by atoms with van der Waals surface area (Å²) in [5.41, 5.74) is 5.66. The third-order valence-electron chi connectivity index (χ3n) is 4.51. The second-order valence-corrected chi connectivity index (χ2v) is 8.51. The zero-order chi connectivity index (χ0) is 20.3. The molecule has 1 saturated heterocycles. The van der Waals surface area contributed by atoms with Gasteiger partial charge in [-0.1, -0.05) is 12.1 Å². The molecule has 0 saturated carbocycles. The fourth-order valence-corrected chi connectivity index (χ4v) is 4.61. The molecule has 148 valence electrons. The van der Waals surface area contributed by atoms with Gasteiger partial charge in [-0.25, -0.2) is 8.42 Å². The number of rotatable bonds is 6. The van der Waals surface area contributed by atoms with Crippen LogP contribution >= 0.6 is 0 Å². The molecule has 1 aromatic heterocycles. The number of Topliss-reactive ketones (excluding diaryl/α,β-unsaturated/α-hetero) is 1. The summed E-state index contributed by atoms with van der Waals surface area (Å²) < 4.78 is 33.2. The van der Waals surface area contributed by atoms with Crippen molar-refractivity contribution in [1.29, 1.82) is 0 Å². The predicted octanol–water partition coefficient (Wildman–Crippen LogP) is 1.62. The molecule has 3 rings (SSSR count). The van der Waals surface area contributed by atoms with Gasteiger partial charge in [-0.2, -0.15) is 4.31 Å². The van der Waals surface area contributed by atoms with Crippen molar-refractivity contribution in [3.8, 4) is 5.75 Å². The van der Waals surface area contributed by atoms with E-state index in [0.29, 0.717) is 30.7 Å². The molecule has 28 heavy (non-hydrogen) atoms. The average Bonchev–Trinajstić information content (AvgIpc) is 2.68. The Balaban J connectivity index is 1.77. The van der Waals surface area contributed by atoms with Crippen LogP contribution in [0.15, 0.2) is 47.5 Å². The Morgan fingerprint density at radius 2 is 2.04 bits per heavy atom. The monoisotopic (exact) mass is 403 g/mol. The molecule has 1 amide bonds. The third kappa shape index (κ3) is 4.37. The first-order valence-electron chi connectivity index (χ1n) is 8.81. The SMILES string of the molecule is CC(=O)c1cccc(S(=O)(=O)N2CCCC(Oc3ccnc(C(N)=O)c3)C2)c1. The number of benzene rings is 1. The molecular weight excluding hydrogens is 382 g/mol. The van der Waals surface area contributed by atoms with Crippen LogP contribution in [0.25, 0.3) is 0 Å². The van der Waals surface area contributed by atoms with Crippen LogP contribution in [-0.4, -0.2) is 48.6 Å². The first-order valence-corrected chi connectivity index (χ1v) is 10.2. The second kappa shape index (κ2) is 8.07. The molecule has 1 aliphatic rings. The Morgan fingerprint density at radius 1 is 1.25 bits per heavy atom. The number of piperidine rings is 1. The van der Waals surface area contributed by atoms with Crippen LogP contribution in [-0.2, 0) is 10.0 Å². The molecule has 2 aromatic rings. The molecule has 1 fully saturated rings. The predicted molar refractivity (Wildman–Crippen MR) is 102 cm³/mol. The highest BCUT2D eigenvalue weighted by molar-refractivity contribution is 7.89. The molecule has 0 spiro atoms. The molecule has 0 aliphatic carbocycles. The van der Waals surface area contributed by atoms with Crippen LogP contribution in [0.5, 0.6) is 5.75 Å². The van der Waals surface area contributed by atoms with Crippen molar-refractivity contribution >= 4 is 21.7 Å². The molecule has 2 N–H and O–H groups in total. The molecule has 1 aliphatic heterocycles. The third-order valence-corrected chi connectivity index (χ3v) is 6.37. The number of aromatic nitrogens is 1. The van der Waals surface area contributed by atoms with Gasteiger partial charge in [-0.05, 0) is 38.0 Å². The maximum absolute atomic E-state index is 13.0. The van der Waals surface area contributed by atoms with Gasteiger partial charge in [0.2, 0.25) is 10.0 Å². The minimum atomic E-state index is -3.75. The lowest BCUT2D eigenvalue weighted by Crippen LogP contribution is -2.44. The summed E-state index contributed by atoms with van der Waals surface area (Å²) >= 11 is 0. The smallest absolute Gasteiger partial charge is 0.267 e. The van der Waals surface area contributed by atoms with Crippen LogP contribution in [0, 0.1) is 0 Å². The Kier molecular flexibility index (Phi) is 5.76. The number of carbonyl (C=O) groups excluding carboxylic acids is 2. The number of sulfonamides is 1. The van der Waals surface area contributed by atoms with Gasteiger partial charge in [-0.15, -0.1) is 0 Å². The lowest BCUT2D eigenvalue weighted by atomic mass is 10.1. The second-order valence-electron chi connectivity index (χ2n) is 6.57. The molecule has 0 bridgehead atoms. The standard InChI is InChI=1S/C19H21N3O5S/c1-13(23)14-4-2-6-17(10-14)28(25,26)22-9-3-5-16(12-22)27-15-7-8-21-18(11-15)19(20)24/h2,4,6-8,10-11,16H,3,5,9,12H2,1H3,(H2,20,24). The number of pyridine rings is 1. The quantitative estimate of drug-likeness (QED) is 0.732. The number of nitrogens with zero attached hydrogens (tertiary/aromatic N) is 2. The first-order chi connectivity index (χ1) is 13.3. The molecule has 1 unspecified atom stereocenters. The van der Waals surface area contributed by atoms with E-state index < -0.39 is 15.9 Å². The molecule has 2 heterocycles. The van der Waals surface area contributed by atoms with Crippen LogP contribution in [0.2, 0.25) is 0 Å². The normalized spacial score (nSPS) is 17.8. The highest BCUT2D eigenvalue weighted by atomic mass is 32.2. The highest BCUT2D eigenvalue weighted by Crippen LogP contribution is 2.24. The maximum Gasteiger partial charge on any atom is 0.267 e. The van der Waals surface area contributed by atoms with E-state index >= 15 is 0 Å². The largest absolute Gasteiger partial charge is 0.489 e. The number of nitrogens with two attached hydrogens (primary N) is 1. The number of hydrogen-bond acceptors (Lipinski definition) is 6. The lowest BCUT2D eigenvalue weighted by molar-refractivity contribution is 0.0990. The number of primary amides is 1. The minimum absolute atomic E-state index is 0.0823. The Bertz CT molecular complexity index is 1010. The molecule has 1 atom stereocenters. The summed E-state index contributed by atoms with van der Waals surface area (Å²) in [5.74, 6) is -0.449. The van der Waals surface area contributed by atoms with Crippen molar-refractivity contribution in [2.24, 2.45) is 5.73 Å². The van der Waals surface area contributed by atoms with E-state index in [2.05, 4.69) is 4.98 Å². The number of carbonyl (C=O) groups is 2. The number of ether oxygens (including phenoxy) is 1. The Morgan fingerprint density at radius 3 is 2.75 bits per heavy atom. The highest BCUT2D eigenvalue weighted by Gasteiger charge is 2.31. The van der Waals surface area contributed by atoms with Crippen molar-refractivity contribution in [1.82, 2.24) is 9.29 Å². The van der Waals surface area contributed by atoms with E-state index in [1.807, 2.05) is 0 Å². The Hall–Kier alpha value is -2.78. The van der Waals surface area contributed by atoms with Crippen molar-refractivity contribution in [2.45, 2.75) is 30.8 Å². The summed E-state index contributed by atoms with van der Waals surface area (Å²) in [6, 6.07) is 9.05. The van der Waals surface area contributed by atoms with E-state index in [1.54, 1.807) is 18.2 Å². The average molecular weight is 403 g/mol. The van der Waals surface area contributed by atoms with Crippen LogP contribution in [0.3, 0.4) is 0 Å². The fourth-order valence-electron chi connectivity index (χ4n) is 3.06. The number of amides is 1. The van der Waals surface area contributed by atoms with Gasteiger partial charge in [0.25, 0.3) is 5.91 Å². The van der Waals surface area contributed by atoms with E-state index in [4.69, 9.17) is 10.5 Å². The molecule has 8 nitrogen and oxygen atoms in total. The van der Waals surface area contributed by atoms with E-state index in [0.717, 1.165) is 0 Å². The van der Waals surface area contributed by atoms with Crippen LogP contribution < -0.4 is 10.5 Å². The minimum Gasteiger partial charge on any atom is -0.489 e. The van der Waals surface area contributed by atoms with E-state index in [-0.39, 0.29) is 29.0 Å². The van der Waals surface area contributed by atoms with E-state index in [9.17, 15) is 18.0 Å². The van der Waals surface area contributed by atoms with Gasteiger partial charge < -0.3 is 10.5 Å². The van der Waals surface area contributed by atoms with Gasteiger partial charge >= 0.3 is 0 Å². The maximum atomic E-state index is 13.0. The van der Waals surface area contributed by atoms with Crippen molar-refractivity contribution in [2.75, 3.05) is 13.1 Å². The zero-order valence-corrected chi connectivity index (χ0v) is 16.2. The molecular formula is C19H21N3O5S. The van der Waals surface area contributed by atoms with Crippen molar-refractivity contribution < 1.29 is 22.7 Å². The number of hydrogen-bond donors (Lipinski definition) is 1. The van der Waals surface area contributed by atoms with Gasteiger partial charge in [0, 0.05) is 24.4 Å². The van der Waals surface area contributed by atoms with Gasteiger partial charge in [-0.3, -0.25) is 14.6 Å². The van der Waals surface area contributed by atoms with Gasteiger partial charge in [0.1, 0.15) is 17.5 Å². The lowest BCUT2D eigenvalue weighted by Gasteiger charge is -2.32. The van der Waals surface area contributed by atoms with Crippen LogP contribution in [0.1, 0.15) is 40.6 Å². The summed E-state index contributed by atoms with van der Waals surface area (Å²) in [5, 5.41) is 0. The van der Waals surface area contributed by atoms with Crippen LogP contribution in [0.4, 0.5) is 0 Å². The zero-order valence-electron chi connectivity index (χ0n) is 15.4. The fraction of sp³-hybridized carbons (Fsp3) is 0.316. The van der Waals surface area contributed by atoms with Crippen molar-refractivity contribution in [3.63, 3.8) is 0 Å². The molecule has 0 radical (unpaired) electrons. The van der Waals surface area contributed by atoms with Gasteiger partial charge in [0.15, 0.2) is 5.78 Å². The Labute approximate surface area is 163 Å². The summed E-state index contributed by atoms with van der Waals surface area (Å²) in [6.45, 7) is 1.93.